The fourth-order valence-electron chi connectivity index (χ4n) is 2.22. The molecule has 2 rings (SSSR count). The van der Waals surface area contributed by atoms with Crippen LogP contribution in [0.25, 0.3) is 0 Å². The van der Waals surface area contributed by atoms with Crippen molar-refractivity contribution in [3.05, 3.63) is 23.8 Å². The molecule has 0 bridgehead atoms. The van der Waals surface area contributed by atoms with E-state index in [4.69, 9.17) is 14.9 Å². The molecule has 2 N–H and O–H groups in total. The number of hydrogen-bond donors (Lipinski definition) is 2. The van der Waals surface area contributed by atoms with E-state index in [9.17, 15) is 9.59 Å². The van der Waals surface area contributed by atoms with Crippen molar-refractivity contribution in [2.24, 2.45) is 0 Å². The van der Waals surface area contributed by atoms with Gasteiger partial charge in [-0.1, -0.05) is 13.0 Å². The van der Waals surface area contributed by atoms with E-state index in [0.29, 0.717) is 23.4 Å². The fourth-order valence-corrected chi connectivity index (χ4v) is 2.22. The smallest absolute Gasteiger partial charge is 0.352 e. The first-order valence-electron chi connectivity index (χ1n) is 6.80. The monoisotopic (exact) mass is 290 g/mol. The normalized spacial score (nSPS) is 17.5. The van der Waals surface area contributed by atoms with Gasteiger partial charge in [0, 0.05) is 18.2 Å². The summed E-state index contributed by atoms with van der Waals surface area (Å²) >= 11 is 0. The third-order valence-electron chi connectivity index (χ3n) is 3.34. The average molecular weight is 290 g/mol. The predicted octanol–water partition coefficient (Wildman–Crippen LogP) is 2.09. The molecule has 1 atom stereocenters. The number of amides is 1. The SMILES string of the molecule is CCCC(=O)Nc1cc(OC)ccc1C1COC(=O)C1=N. The first-order chi connectivity index (χ1) is 10.1. The van der Waals surface area contributed by atoms with Crippen LogP contribution in [-0.4, -0.2) is 31.3 Å². The Kier molecular flexibility index (Phi) is 4.57. The second-order valence-corrected chi connectivity index (χ2v) is 4.82. The van der Waals surface area contributed by atoms with Gasteiger partial charge < -0.3 is 14.8 Å². The lowest BCUT2D eigenvalue weighted by atomic mass is 9.94. The highest BCUT2D eigenvalue weighted by Crippen LogP contribution is 2.32. The van der Waals surface area contributed by atoms with E-state index in [1.54, 1.807) is 18.2 Å². The second-order valence-electron chi connectivity index (χ2n) is 4.82. The first kappa shape index (κ1) is 15.0. The number of cyclic esters (lactones) is 1. The van der Waals surface area contributed by atoms with E-state index >= 15 is 0 Å². The van der Waals surface area contributed by atoms with Crippen LogP contribution in [0.4, 0.5) is 5.69 Å². The molecule has 1 heterocycles. The maximum absolute atomic E-state index is 11.8. The summed E-state index contributed by atoms with van der Waals surface area (Å²) < 4.78 is 10.0. The third-order valence-corrected chi connectivity index (χ3v) is 3.34. The molecular formula is C15H18N2O4. The van der Waals surface area contributed by atoms with Crippen LogP contribution in [0.15, 0.2) is 18.2 Å². The zero-order valence-corrected chi connectivity index (χ0v) is 12.1. The van der Waals surface area contributed by atoms with Crippen LogP contribution in [0.2, 0.25) is 0 Å². The summed E-state index contributed by atoms with van der Waals surface area (Å²) in [7, 11) is 1.54. The summed E-state index contributed by atoms with van der Waals surface area (Å²) in [6, 6.07) is 5.18. The lowest BCUT2D eigenvalue weighted by Gasteiger charge is -2.15. The maximum Gasteiger partial charge on any atom is 0.352 e. The van der Waals surface area contributed by atoms with E-state index < -0.39 is 11.9 Å². The summed E-state index contributed by atoms with van der Waals surface area (Å²) in [6.07, 6.45) is 1.15. The van der Waals surface area contributed by atoms with E-state index in [1.807, 2.05) is 6.92 Å². The molecule has 1 aliphatic heterocycles. The van der Waals surface area contributed by atoms with Gasteiger partial charge in [-0.2, -0.15) is 0 Å². The Labute approximate surface area is 122 Å². The molecule has 1 fully saturated rings. The number of hydrogen-bond acceptors (Lipinski definition) is 5. The van der Waals surface area contributed by atoms with Crippen molar-refractivity contribution in [2.75, 3.05) is 19.0 Å². The Morgan fingerprint density at radius 1 is 1.52 bits per heavy atom. The van der Waals surface area contributed by atoms with Gasteiger partial charge in [0.15, 0.2) is 0 Å². The van der Waals surface area contributed by atoms with Gasteiger partial charge in [-0.15, -0.1) is 0 Å². The van der Waals surface area contributed by atoms with Gasteiger partial charge in [-0.3, -0.25) is 10.2 Å². The van der Waals surface area contributed by atoms with Crippen molar-refractivity contribution >= 4 is 23.3 Å². The number of esters is 1. The number of carbonyl (C=O) groups is 2. The molecule has 1 aromatic carbocycles. The highest BCUT2D eigenvalue weighted by molar-refractivity contribution is 6.39. The summed E-state index contributed by atoms with van der Waals surface area (Å²) in [4.78, 5) is 23.2. The highest BCUT2D eigenvalue weighted by atomic mass is 16.5. The van der Waals surface area contributed by atoms with E-state index in [0.717, 1.165) is 6.42 Å². The quantitative estimate of drug-likeness (QED) is 0.813. The van der Waals surface area contributed by atoms with Gasteiger partial charge in [0.2, 0.25) is 5.91 Å². The van der Waals surface area contributed by atoms with Crippen LogP contribution in [-0.2, 0) is 14.3 Å². The molecule has 0 saturated carbocycles. The molecule has 0 spiro atoms. The number of benzene rings is 1. The molecule has 1 saturated heterocycles. The molecule has 0 aliphatic carbocycles. The van der Waals surface area contributed by atoms with Gasteiger partial charge in [0.05, 0.1) is 13.0 Å². The Balaban J connectivity index is 2.33. The maximum atomic E-state index is 11.8. The Morgan fingerprint density at radius 3 is 2.86 bits per heavy atom. The third kappa shape index (κ3) is 3.21. The molecule has 0 radical (unpaired) electrons. The molecule has 1 unspecified atom stereocenters. The van der Waals surface area contributed by atoms with Crippen LogP contribution in [0.1, 0.15) is 31.2 Å². The average Bonchev–Trinajstić information content (AvgIpc) is 2.79. The van der Waals surface area contributed by atoms with Crippen molar-refractivity contribution in [3.63, 3.8) is 0 Å². The number of rotatable bonds is 5. The molecule has 0 aromatic heterocycles. The molecule has 21 heavy (non-hydrogen) atoms. The molecular weight excluding hydrogens is 272 g/mol. The molecule has 1 aromatic rings. The van der Waals surface area contributed by atoms with Gasteiger partial charge in [0.1, 0.15) is 18.1 Å². The summed E-state index contributed by atoms with van der Waals surface area (Å²) in [6.45, 7) is 2.05. The zero-order valence-electron chi connectivity index (χ0n) is 12.1. The van der Waals surface area contributed by atoms with E-state index in [2.05, 4.69) is 5.32 Å². The summed E-state index contributed by atoms with van der Waals surface area (Å²) in [5.74, 6) is -0.576. The van der Waals surface area contributed by atoms with Crippen molar-refractivity contribution in [3.8, 4) is 5.75 Å². The number of anilines is 1. The number of nitrogens with one attached hydrogen (secondary N) is 2. The zero-order chi connectivity index (χ0) is 15.4. The van der Waals surface area contributed by atoms with Gasteiger partial charge in [-0.05, 0) is 18.1 Å². The van der Waals surface area contributed by atoms with Crippen LogP contribution in [0.3, 0.4) is 0 Å². The molecule has 6 nitrogen and oxygen atoms in total. The number of ether oxygens (including phenoxy) is 2. The predicted molar refractivity (Wildman–Crippen MR) is 78.0 cm³/mol. The Hall–Kier alpha value is -2.37. The van der Waals surface area contributed by atoms with Crippen molar-refractivity contribution < 1.29 is 19.1 Å². The highest BCUT2D eigenvalue weighted by Gasteiger charge is 2.34. The minimum Gasteiger partial charge on any atom is -0.497 e. The Morgan fingerprint density at radius 2 is 2.29 bits per heavy atom. The van der Waals surface area contributed by atoms with Crippen LogP contribution >= 0.6 is 0 Å². The standard InChI is InChI=1S/C15H18N2O4/c1-3-4-13(18)17-12-7-9(20-2)5-6-10(12)11-8-21-15(19)14(11)16/h5-7,11,16H,3-4,8H2,1-2H3,(H,17,18). The Bertz CT molecular complexity index is 583. The summed E-state index contributed by atoms with van der Waals surface area (Å²) in [5.41, 5.74) is 1.16. The van der Waals surface area contributed by atoms with Crippen LogP contribution in [0.5, 0.6) is 5.75 Å². The van der Waals surface area contributed by atoms with E-state index in [-0.39, 0.29) is 18.2 Å². The van der Waals surface area contributed by atoms with Gasteiger partial charge in [0.25, 0.3) is 0 Å². The minimum atomic E-state index is -0.610. The number of carbonyl (C=O) groups excluding carboxylic acids is 2. The minimum absolute atomic E-state index is 0.0915. The molecule has 1 amide bonds. The lowest BCUT2D eigenvalue weighted by Crippen LogP contribution is -2.17. The molecule has 6 heteroatoms. The van der Waals surface area contributed by atoms with Crippen molar-refractivity contribution in [1.29, 1.82) is 5.41 Å². The second kappa shape index (κ2) is 6.39. The largest absolute Gasteiger partial charge is 0.497 e. The van der Waals surface area contributed by atoms with E-state index in [1.165, 1.54) is 7.11 Å². The van der Waals surface area contributed by atoms with Crippen molar-refractivity contribution in [2.45, 2.75) is 25.7 Å². The van der Waals surface area contributed by atoms with Crippen molar-refractivity contribution in [1.82, 2.24) is 0 Å². The van der Waals surface area contributed by atoms with Gasteiger partial charge >= 0.3 is 5.97 Å². The molecule has 112 valence electrons. The topological polar surface area (TPSA) is 88.5 Å². The fraction of sp³-hybridized carbons (Fsp3) is 0.400. The van der Waals surface area contributed by atoms with Crippen LogP contribution in [0, 0.1) is 5.41 Å². The first-order valence-corrected chi connectivity index (χ1v) is 6.80. The molecule has 1 aliphatic rings. The van der Waals surface area contributed by atoms with Gasteiger partial charge in [-0.25, -0.2) is 4.79 Å². The summed E-state index contributed by atoms with van der Waals surface area (Å²) in [5, 5.41) is 10.6. The lowest BCUT2D eigenvalue weighted by molar-refractivity contribution is -0.132. The van der Waals surface area contributed by atoms with Crippen LogP contribution < -0.4 is 10.1 Å². The number of methoxy groups -OCH3 is 1.